The van der Waals surface area contributed by atoms with Crippen molar-refractivity contribution in [3.63, 3.8) is 0 Å². The van der Waals surface area contributed by atoms with Crippen LogP contribution in [-0.2, 0) is 4.74 Å². The summed E-state index contributed by atoms with van der Waals surface area (Å²) in [6, 6.07) is 0.295. The Hall–Kier alpha value is -0.990. The third-order valence-electron chi connectivity index (χ3n) is 2.55. The molecule has 2 saturated heterocycles. The van der Waals surface area contributed by atoms with Gasteiger partial charge in [-0.15, -0.1) is 0 Å². The predicted octanol–water partition coefficient (Wildman–Crippen LogP) is 1.75. The lowest BCUT2D eigenvalue weighted by Crippen LogP contribution is -2.37. The molecule has 1 atom stereocenters. The number of allylic oxidation sites excluding steroid dienone is 1. The van der Waals surface area contributed by atoms with Gasteiger partial charge in [-0.3, -0.25) is 4.90 Å². The van der Waals surface area contributed by atoms with Crippen molar-refractivity contribution in [1.29, 1.82) is 0 Å². The van der Waals surface area contributed by atoms with Crippen molar-refractivity contribution in [1.82, 2.24) is 4.90 Å². The number of nitrogens with zero attached hydrogens (tertiary/aromatic N) is 1. The molecule has 2 rings (SSSR count). The molecule has 0 saturated carbocycles. The van der Waals surface area contributed by atoms with Crippen molar-refractivity contribution in [3.8, 4) is 0 Å². The van der Waals surface area contributed by atoms with Gasteiger partial charge in [0.05, 0.1) is 6.04 Å². The highest BCUT2D eigenvalue weighted by atomic mass is 16.6. The van der Waals surface area contributed by atoms with Crippen LogP contribution in [0.1, 0.15) is 20.8 Å². The highest BCUT2D eigenvalue weighted by Gasteiger charge is 2.58. The largest absolute Gasteiger partial charge is 0.448 e. The number of carbonyl (C=O) groups excluding carboxylic acids is 1. The topological polar surface area (TPSA) is 29.3 Å². The summed E-state index contributed by atoms with van der Waals surface area (Å²) in [6.07, 6.45) is 1.80. The number of ether oxygens (including phenoxy) is 1. The Kier molecular flexibility index (Phi) is 1.29. The average Bonchev–Trinajstić information content (AvgIpc) is 2.73. The molecule has 0 aromatic heterocycles. The molecule has 0 N–H and O–H groups in total. The number of rotatable bonds is 0. The van der Waals surface area contributed by atoms with Gasteiger partial charge >= 0.3 is 6.09 Å². The molecular weight excluding hydrogens is 154 g/mol. The molecule has 3 nitrogen and oxygen atoms in total. The van der Waals surface area contributed by atoms with E-state index in [-0.39, 0.29) is 11.5 Å². The van der Waals surface area contributed by atoms with Gasteiger partial charge in [0.25, 0.3) is 0 Å². The molecular formula is C9H13NO2. The summed E-state index contributed by atoms with van der Waals surface area (Å²) in [4.78, 5) is 12.9. The van der Waals surface area contributed by atoms with E-state index in [4.69, 9.17) is 4.74 Å². The van der Waals surface area contributed by atoms with Gasteiger partial charge in [-0.2, -0.15) is 0 Å². The molecule has 2 aliphatic rings. The van der Waals surface area contributed by atoms with E-state index in [9.17, 15) is 4.79 Å². The zero-order valence-corrected chi connectivity index (χ0v) is 7.63. The Morgan fingerprint density at radius 2 is 2.33 bits per heavy atom. The van der Waals surface area contributed by atoms with Crippen LogP contribution in [0.15, 0.2) is 11.8 Å². The van der Waals surface area contributed by atoms with E-state index in [2.05, 4.69) is 13.8 Å². The maximum atomic E-state index is 11.2. The van der Waals surface area contributed by atoms with Gasteiger partial charge in [0.15, 0.2) is 0 Å². The normalized spacial score (nSPS) is 34.6. The average molecular weight is 167 g/mol. The van der Waals surface area contributed by atoms with Crippen molar-refractivity contribution in [2.45, 2.75) is 26.8 Å². The molecule has 2 aliphatic heterocycles. The van der Waals surface area contributed by atoms with Crippen LogP contribution in [0.4, 0.5) is 4.79 Å². The SMILES string of the molecule is C/C=C1\C2N1C(=O)OCC2(C)C. The Morgan fingerprint density at radius 3 is 2.83 bits per heavy atom. The summed E-state index contributed by atoms with van der Waals surface area (Å²) in [5.41, 5.74) is 1.19. The molecule has 0 aliphatic carbocycles. The van der Waals surface area contributed by atoms with Crippen molar-refractivity contribution in [2.75, 3.05) is 6.61 Å². The molecule has 0 aromatic rings. The minimum Gasteiger partial charge on any atom is -0.448 e. The number of amides is 1. The van der Waals surface area contributed by atoms with E-state index < -0.39 is 0 Å². The molecule has 12 heavy (non-hydrogen) atoms. The molecule has 3 heteroatoms. The van der Waals surface area contributed by atoms with Crippen molar-refractivity contribution in [2.24, 2.45) is 5.41 Å². The minimum absolute atomic E-state index is 0.0791. The van der Waals surface area contributed by atoms with Gasteiger partial charge in [-0.25, -0.2) is 4.79 Å². The summed E-state index contributed by atoms with van der Waals surface area (Å²) in [7, 11) is 0. The third kappa shape index (κ3) is 0.792. The van der Waals surface area contributed by atoms with Crippen LogP contribution in [-0.4, -0.2) is 23.6 Å². The number of hydrogen-bond acceptors (Lipinski definition) is 2. The lowest BCUT2D eigenvalue weighted by Gasteiger charge is -2.27. The molecule has 1 unspecified atom stereocenters. The maximum Gasteiger partial charge on any atom is 0.414 e. The van der Waals surface area contributed by atoms with E-state index in [1.807, 2.05) is 13.0 Å². The van der Waals surface area contributed by atoms with E-state index in [0.29, 0.717) is 12.6 Å². The van der Waals surface area contributed by atoms with Crippen LogP contribution in [0, 0.1) is 5.41 Å². The Labute approximate surface area is 72.0 Å². The summed E-state index contributed by atoms with van der Waals surface area (Å²) in [5, 5.41) is 0. The summed E-state index contributed by atoms with van der Waals surface area (Å²) in [6.45, 7) is 6.72. The molecule has 0 radical (unpaired) electrons. The van der Waals surface area contributed by atoms with Gasteiger partial charge in [0.1, 0.15) is 6.61 Å². The Bertz CT molecular complexity index is 268. The molecule has 2 heterocycles. The molecule has 66 valence electrons. The maximum absolute atomic E-state index is 11.2. The smallest absolute Gasteiger partial charge is 0.414 e. The van der Waals surface area contributed by atoms with E-state index in [1.165, 1.54) is 0 Å². The van der Waals surface area contributed by atoms with Crippen LogP contribution < -0.4 is 0 Å². The fourth-order valence-electron chi connectivity index (χ4n) is 1.86. The van der Waals surface area contributed by atoms with Gasteiger partial charge in [0.2, 0.25) is 0 Å². The highest BCUT2D eigenvalue weighted by molar-refractivity contribution is 5.78. The number of fused-ring (bicyclic) bond motifs is 1. The fourth-order valence-corrected chi connectivity index (χ4v) is 1.86. The van der Waals surface area contributed by atoms with Crippen molar-refractivity contribution < 1.29 is 9.53 Å². The zero-order valence-electron chi connectivity index (χ0n) is 7.63. The number of hydrogen-bond donors (Lipinski definition) is 0. The van der Waals surface area contributed by atoms with Gasteiger partial charge in [-0.1, -0.05) is 19.9 Å². The van der Waals surface area contributed by atoms with Crippen LogP contribution in [0.2, 0.25) is 0 Å². The molecule has 2 fully saturated rings. The quantitative estimate of drug-likeness (QED) is 0.514. The van der Waals surface area contributed by atoms with Crippen LogP contribution in [0.25, 0.3) is 0 Å². The lowest BCUT2D eigenvalue weighted by atomic mass is 9.89. The zero-order chi connectivity index (χ0) is 8.93. The lowest BCUT2D eigenvalue weighted by molar-refractivity contribution is 0.0498. The number of carbonyl (C=O) groups is 1. The minimum atomic E-state index is -0.188. The second-order valence-corrected chi connectivity index (χ2v) is 4.03. The van der Waals surface area contributed by atoms with Gasteiger partial charge < -0.3 is 4.74 Å². The van der Waals surface area contributed by atoms with Crippen LogP contribution >= 0.6 is 0 Å². The standard InChI is InChI=1S/C9H13NO2/c1-4-6-7-9(2,3)5-12-8(11)10(6)7/h4,7H,5H2,1-3H3/b6-4+. The monoisotopic (exact) mass is 167 g/mol. The van der Waals surface area contributed by atoms with E-state index in [0.717, 1.165) is 5.70 Å². The summed E-state index contributed by atoms with van der Waals surface area (Å²) >= 11 is 0. The number of cyclic esters (lactones) is 1. The van der Waals surface area contributed by atoms with Gasteiger partial charge in [-0.05, 0) is 6.92 Å². The first-order valence-electron chi connectivity index (χ1n) is 4.20. The predicted molar refractivity (Wildman–Crippen MR) is 44.5 cm³/mol. The third-order valence-corrected chi connectivity index (χ3v) is 2.55. The Morgan fingerprint density at radius 1 is 1.67 bits per heavy atom. The van der Waals surface area contributed by atoms with Crippen molar-refractivity contribution >= 4 is 6.09 Å². The van der Waals surface area contributed by atoms with E-state index in [1.54, 1.807) is 4.90 Å². The summed E-state index contributed by atoms with van der Waals surface area (Å²) in [5.74, 6) is 0. The van der Waals surface area contributed by atoms with E-state index >= 15 is 0 Å². The first kappa shape index (κ1) is 7.65. The second-order valence-electron chi connectivity index (χ2n) is 4.03. The summed E-state index contributed by atoms with van der Waals surface area (Å²) < 4.78 is 5.03. The second kappa shape index (κ2) is 2.03. The van der Waals surface area contributed by atoms with Crippen LogP contribution in [0.5, 0.6) is 0 Å². The first-order valence-corrected chi connectivity index (χ1v) is 4.20. The first-order chi connectivity index (χ1) is 5.58. The molecule has 1 amide bonds. The van der Waals surface area contributed by atoms with Crippen LogP contribution in [0.3, 0.4) is 0 Å². The highest BCUT2D eigenvalue weighted by Crippen LogP contribution is 2.48. The molecule has 0 bridgehead atoms. The Balaban J connectivity index is 2.29. The molecule has 0 aromatic carbocycles. The van der Waals surface area contributed by atoms with Crippen molar-refractivity contribution in [3.05, 3.63) is 11.8 Å². The fraction of sp³-hybridized carbons (Fsp3) is 0.667. The molecule has 0 spiro atoms. The van der Waals surface area contributed by atoms with Gasteiger partial charge in [0, 0.05) is 11.1 Å².